The van der Waals surface area contributed by atoms with Crippen LogP contribution in [-0.2, 0) is 0 Å². The summed E-state index contributed by atoms with van der Waals surface area (Å²) in [5.41, 5.74) is 1.20. The van der Waals surface area contributed by atoms with Gasteiger partial charge < -0.3 is 10.2 Å². The Kier molecular flexibility index (Phi) is 6.14. The van der Waals surface area contributed by atoms with E-state index < -0.39 is 0 Å². The Hall–Kier alpha value is -0.580. The van der Waals surface area contributed by atoms with E-state index >= 15 is 0 Å². The summed E-state index contributed by atoms with van der Waals surface area (Å²) in [5, 5.41) is 3.48. The van der Waals surface area contributed by atoms with Crippen LogP contribution in [0.5, 0.6) is 0 Å². The van der Waals surface area contributed by atoms with E-state index in [1.54, 1.807) is 0 Å². The van der Waals surface area contributed by atoms with Crippen molar-refractivity contribution < 1.29 is 0 Å². The summed E-state index contributed by atoms with van der Waals surface area (Å²) in [6, 6.07) is 8.38. The van der Waals surface area contributed by atoms with Crippen LogP contribution in [0.3, 0.4) is 0 Å². The molecule has 1 heterocycles. The van der Waals surface area contributed by atoms with E-state index in [4.69, 9.17) is 0 Å². The molecule has 0 amide bonds. The third-order valence-corrected chi connectivity index (χ3v) is 4.13. The van der Waals surface area contributed by atoms with Gasteiger partial charge in [-0.3, -0.25) is 4.90 Å². The number of hydrogen-bond donors (Lipinski definition) is 1. The van der Waals surface area contributed by atoms with Gasteiger partial charge in [0.15, 0.2) is 0 Å². The molecule has 1 aliphatic rings. The van der Waals surface area contributed by atoms with Gasteiger partial charge in [-0.05, 0) is 37.2 Å². The van der Waals surface area contributed by atoms with Crippen molar-refractivity contribution in [3.05, 3.63) is 28.7 Å². The molecule has 106 valence electrons. The number of benzene rings is 1. The van der Waals surface area contributed by atoms with Crippen LogP contribution in [0.4, 0.5) is 5.69 Å². The fourth-order valence-electron chi connectivity index (χ4n) is 2.48. The average Bonchev–Trinajstić information content (AvgIpc) is 2.43. The summed E-state index contributed by atoms with van der Waals surface area (Å²) < 4.78 is 1.13. The predicted octanol–water partition coefficient (Wildman–Crippen LogP) is 2.89. The molecule has 0 aliphatic carbocycles. The largest absolute Gasteiger partial charge is 0.384 e. The molecule has 0 saturated carbocycles. The van der Waals surface area contributed by atoms with Crippen LogP contribution in [0.25, 0.3) is 0 Å². The standard InChI is InChI=1S/C15H24BrN3/c1-2-8-18-10-12-19(13-11-18)9-7-17-15-5-3-14(16)4-6-15/h3-6,17H,2,7-13H2,1H3. The highest BCUT2D eigenvalue weighted by atomic mass is 79.9. The highest BCUT2D eigenvalue weighted by molar-refractivity contribution is 9.10. The van der Waals surface area contributed by atoms with Crippen molar-refractivity contribution in [3.8, 4) is 0 Å². The average molecular weight is 326 g/mol. The van der Waals surface area contributed by atoms with E-state index in [1.165, 1.54) is 44.8 Å². The summed E-state index contributed by atoms with van der Waals surface area (Å²) in [6.45, 7) is 10.5. The molecule has 1 N–H and O–H groups in total. The minimum atomic E-state index is 1.02. The molecule has 1 aliphatic heterocycles. The lowest BCUT2D eigenvalue weighted by Crippen LogP contribution is -2.47. The van der Waals surface area contributed by atoms with Gasteiger partial charge in [-0.15, -0.1) is 0 Å². The van der Waals surface area contributed by atoms with Gasteiger partial charge in [0.1, 0.15) is 0 Å². The predicted molar refractivity (Wildman–Crippen MR) is 85.8 cm³/mol. The van der Waals surface area contributed by atoms with Crippen molar-refractivity contribution in [2.75, 3.05) is 51.1 Å². The molecule has 1 aromatic carbocycles. The molecule has 1 fully saturated rings. The second-order valence-electron chi connectivity index (χ2n) is 5.12. The Balaban J connectivity index is 1.63. The van der Waals surface area contributed by atoms with Gasteiger partial charge in [0.25, 0.3) is 0 Å². The van der Waals surface area contributed by atoms with Crippen molar-refractivity contribution in [3.63, 3.8) is 0 Å². The fraction of sp³-hybridized carbons (Fsp3) is 0.600. The molecule has 0 unspecified atom stereocenters. The van der Waals surface area contributed by atoms with E-state index in [1.807, 2.05) is 0 Å². The minimum absolute atomic E-state index is 1.02. The molecule has 0 spiro atoms. The summed E-state index contributed by atoms with van der Waals surface area (Å²) >= 11 is 3.45. The molecule has 19 heavy (non-hydrogen) atoms. The first-order valence-corrected chi connectivity index (χ1v) is 8.01. The molecule has 0 aromatic heterocycles. The molecule has 3 nitrogen and oxygen atoms in total. The van der Waals surface area contributed by atoms with Crippen molar-refractivity contribution in [2.45, 2.75) is 13.3 Å². The Bertz CT molecular complexity index is 358. The van der Waals surface area contributed by atoms with Crippen LogP contribution >= 0.6 is 15.9 Å². The summed E-state index contributed by atoms with van der Waals surface area (Å²) in [6.07, 6.45) is 1.27. The molecule has 0 atom stereocenters. The summed E-state index contributed by atoms with van der Waals surface area (Å²) in [7, 11) is 0. The van der Waals surface area contributed by atoms with Crippen molar-refractivity contribution in [1.29, 1.82) is 0 Å². The molecule has 0 bridgehead atoms. The lowest BCUT2D eigenvalue weighted by molar-refractivity contribution is 0.136. The quantitative estimate of drug-likeness (QED) is 0.867. The first kappa shape index (κ1) is 14.8. The lowest BCUT2D eigenvalue weighted by Gasteiger charge is -2.34. The molecule has 4 heteroatoms. The number of hydrogen-bond acceptors (Lipinski definition) is 3. The number of nitrogens with one attached hydrogen (secondary N) is 1. The first-order valence-electron chi connectivity index (χ1n) is 7.22. The highest BCUT2D eigenvalue weighted by Crippen LogP contribution is 2.13. The zero-order chi connectivity index (χ0) is 13.5. The van der Waals surface area contributed by atoms with Crippen LogP contribution in [0.2, 0.25) is 0 Å². The van der Waals surface area contributed by atoms with E-state index in [2.05, 4.69) is 62.2 Å². The molecular formula is C15H24BrN3. The second-order valence-corrected chi connectivity index (χ2v) is 6.03. The zero-order valence-corrected chi connectivity index (χ0v) is 13.3. The normalized spacial score (nSPS) is 17.6. The number of piperazine rings is 1. The van der Waals surface area contributed by atoms with Gasteiger partial charge in [-0.25, -0.2) is 0 Å². The van der Waals surface area contributed by atoms with Crippen molar-refractivity contribution in [2.24, 2.45) is 0 Å². The van der Waals surface area contributed by atoms with E-state index in [0.29, 0.717) is 0 Å². The second kappa shape index (κ2) is 7.88. The Morgan fingerprint density at radius 1 is 1.00 bits per heavy atom. The SMILES string of the molecule is CCCN1CCN(CCNc2ccc(Br)cc2)CC1. The van der Waals surface area contributed by atoms with Gasteiger partial charge in [-0.1, -0.05) is 22.9 Å². The highest BCUT2D eigenvalue weighted by Gasteiger charge is 2.15. The van der Waals surface area contributed by atoms with Gasteiger partial charge in [-0.2, -0.15) is 0 Å². The Labute approximate surface area is 125 Å². The number of rotatable bonds is 6. The molecular weight excluding hydrogens is 302 g/mol. The van der Waals surface area contributed by atoms with Gasteiger partial charge in [0, 0.05) is 49.4 Å². The maximum atomic E-state index is 3.48. The topological polar surface area (TPSA) is 18.5 Å². The van der Waals surface area contributed by atoms with Gasteiger partial charge in [0.05, 0.1) is 0 Å². The van der Waals surface area contributed by atoms with E-state index in [0.717, 1.165) is 17.6 Å². The number of halogens is 1. The molecule has 1 aromatic rings. The molecule has 2 rings (SSSR count). The smallest absolute Gasteiger partial charge is 0.0341 e. The summed E-state index contributed by atoms with van der Waals surface area (Å²) in [4.78, 5) is 5.12. The van der Waals surface area contributed by atoms with Crippen LogP contribution in [0.15, 0.2) is 28.7 Å². The van der Waals surface area contributed by atoms with Gasteiger partial charge >= 0.3 is 0 Å². The van der Waals surface area contributed by atoms with Crippen LogP contribution in [0, 0.1) is 0 Å². The van der Waals surface area contributed by atoms with Crippen LogP contribution in [-0.4, -0.2) is 55.6 Å². The van der Waals surface area contributed by atoms with Crippen molar-refractivity contribution >= 4 is 21.6 Å². The Morgan fingerprint density at radius 2 is 1.58 bits per heavy atom. The summed E-state index contributed by atoms with van der Waals surface area (Å²) in [5.74, 6) is 0. The zero-order valence-electron chi connectivity index (χ0n) is 11.7. The van der Waals surface area contributed by atoms with Gasteiger partial charge in [0.2, 0.25) is 0 Å². The van der Waals surface area contributed by atoms with Crippen LogP contribution in [0.1, 0.15) is 13.3 Å². The van der Waals surface area contributed by atoms with Crippen molar-refractivity contribution in [1.82, 2.24) is 9.80 Å². The molecule has 1 saturated heterocycles. The lowest BCUT2D eigenvalue weighted by atomic mass is 10.3. The van der Waals surface area contributed by atoms with E-state index in [-0.39, 0.29) is 0 Å². The monoisotopic (exact) mass is 325 g/mol. The minimum Gasteiger partial charge on any atom is -0.384 e. The molecule has 0 radical (unpaired) electrons. The maximum absolute atomic E-state index is 3.48. The number of anilines is 1. The first-order chi connectivity index (χ1) is 9.28. The third-order valence-electron chi connectivity index (χ3n) is 3.61. The Morgan fingerprint density at radius 3 is 2.16 bits per heavy atom. The van der Waals surface area contributed by atoms with Crippen LogP contribution < -0.4 is 5.32 Å². The van der Waals surface area contributed by atoms with E-state index in [9.17, 15) is 0 Å². The maximum Gasteiger partial charge on any atom is 0.0341 e. The fourth-order valence-corrected chi connectivity index (χ4v) is 2.74. The number of nitrogens with zero attached hydrogens (tertiary/aromatic N) is 2. The third kappa shape index (κ3) is 5.13.